The highest BCUT2D eigenvalue weighted by Gasteiger charge is 2.24. The van der Waals surface area contributed by atoms with Crippen LogP contribution in [-0.2, 0) is 9.59 Å². The van der Waals surface area contributed by atoms with Gasteiger partial charge in [0.1, 0.15) is 11.4 Å². The fraction of sp³-hybridized carbons (Fsp3) is 0.0645. The summed E-state index contributed by atoms with van der Waals surface area (Å²) in [4.78, 5) is 39.2. The molecule has 0 aliphatic heterocycles. The first-order valence-electron chi connectivity index (χ1n) is 12.6. The summed E-state index contributed by atoms with van der Waals surface area (Å²) in [7, 11) is 0. The van der Waals surface area contributed by atoms with Crippen molar-refractivity contribution in [2.75, 3.05) is 10.6 Å². The molecule has 6 nitrogen and oxygen atoms in total. The molecule has 4 aromatic rings. The Kier molecular flexibility index (Phi) is 10.2. The van der Waals surface area contributed by atoms with Crippen LogP contribution in [0.1, 0.15) is 22.8 Å². The van der Waals surface area contributed by atoms with Gasteiger partial charge in [-0.15, -0.1) is 11.8 Å². The molecule has 0 bridgehead atoms. The van der Waals surface area contributed by atoms with Crippen molar-refractivity contribution in [2.45, 2.75) is 17.1 Å². The van der Waals surface area contributed by atoms with E-state index in [1.165, 1.54) is 19.1 Å². The lowest BCUT2D eigenvalue weighted by atomic mass is 10.1. The van der Waals surface area contributed by atoms with E-state index in [1.54, 1.807) is 72.8 Å². The molecule has 220 valence electrons. The van der Waals surface area contributed by atoms with Crippen LogP contribution in [0.2, 0.25) is 5.02 Å². The van der Waals surface area contributed by atoms with Gasteiger partial charge in [0, 0.05) is 27.2 Å². The number of nitrogens with one attached hydrogen (secondary N) is 3. The van der Waals surface area contributed by atoms with Crippen molar-refractivity contribution in [3.63, 3.8) is 0 Å². The van der Waals surface area contributed by atoms with Crippen molar-refractivity contribution in [3.8, 4) is 0 Å². The molecule has 0 saturated carbocycles. The molecular formula is C31H22ClF4N3O3S. The molecule has 1 unspecified atom stereocenters. The zero-order chi connectivity index (χ0) is 31.1. The van der Waals surface area contributed by atoms with Gasteiger partial charge in [0.05, 0.1) is 5.25 Å². The van der Waals surface area contributed by atoms with E-state index >= 15 is 0 Å². The molecule has 1 atom stereocenters. The fourth-order valence-corrected chi connectivity index (χ4v) is 4.84. The third-order valence-corrected chi connectivity index (χ3v) is 7.15. The first-order chi connectivity index (χ1) is 20.5. The fourth-order valence-electron chi connectivity index (χ4n) is 3.72. The predicted octanol–water partition coefficient (Wildman–Crippen LogP) is 7.43. The number of carbonyl (C=O) groups is 3. The number of rotatable bonds is 9. The molecule has 4 aromatic carbocycles. The summed E-state index contributed by atoms with van der Waals surface area (Å²) in [5.41, 5.74) is -0.112. The van der Waals surface area contributed by atoms with Crippen molar-refractivity contribution in [2.24, 2.45) is 0 Å². The predicted molar refractivity (Wildman–Crippen MR) is 159 cm³/mol. The maximum atomic E-state index is 14.0. The van der Waals surface area contributed by atoms with Gasteiger partial charge in [0.15, 0.2) is 23.3 Å². The molecular weight excluding hydrogens is 606 g/mol. The maximum absolute atomic E-state index is 14.0. The Labute approximate surface area is 253 Å². The van der Waals surface area contributed by atoms with E-state index in [4.69, 9.17) is 11.6 Å². The molecule has 0 radical (unpaired) electrons. The standard InChI is InChI=1S/C31H22ClF4N3O3S/c1-17(29(40)39-28-26(35)23(33)16-24(34)27(28)36)43-22-12-6-11-21(15-22)37-31(42)25(14-18-7-5-10-20(32)13-18)38-30(41)19-8-3-2-4-9-19/h2-17H,1H3,(H,37,42)(H,38,41)(H,39,40)/b25-14-. The summed E-state index contributed by atoms with van der Waals surface area (Å²) >= 11 is 7.03. The lowest BCUT2D eigenvalue weighted by Crippen LogP contribution is -2.30. The lowest BCUT2D eigenvalue weighted by molar-refractivity contribution is -0.115. The quantitative estimate of drug-likeness (QED) is 0.0780. The summed E-state index contributed by atoms with van der Waals surface area (Å²) in [5.74, 6) is -8.85. The Balaban J connectivity index is 1.50. The lowest BCUT2D eigenvalue weighted by Gasteiger charge is -2.15. The summed E-state index contributed by atoms with van der Waals surface area (Å²) < 4.78 is 55.0. The van der Waals surface area contributed by atoms with Crippen molar-refractivity contribution < 1.29 is 31.9 Å². The minimum absolute atomic E-state index is 0.0426. The molecule has 3 N–H and O–H groups in total. The molecule has 0 aromatic heterocycles. The molecule has 0 spiro atoms. The SMILES string of the molecule is CC(Sc1cccc(NC(=O)/C(=C/c2cccc(Cl)c2)NC(=O)c2ccccc2)c1)C(=O)Nc1c(F)c(F)cc(F)c1F. The Hall–Kier alpha value is -4.61. The Bertz CT molecular complexity index is 1690. The van der Waals surface area contributed by atoms with Crippen LogP contribution in [0.15, 0.2) is 95.5 Å². The molecule has 12 heteroatoms. The van der Waals surface area contributed by atoms with E-state index in [0.29, 0.717) is 26.7 Å². The van der Waals surface area contributed by atoms with Crippen LogP contribution in [0, 0.1) is 23.3 Å². The van der Waals surface area contributed by atoms with E-state index in [9.17, 15) is 31.9 Å². The highest BCUT2D eigenvalue weighted by molar-refractivity contribution is 8.00. The van der Waals surface area contributed by atoms with Gasteiger partial charge in [-0.05, 0) is 61.0 Å². The van der Waals surface area contributed by atoms with Crippen LogP contribution >= 0.6 is 23.4 Å². The Morgan fingerprint density at radius 1 is 0.814 bits per heavy atom. The smallest absolute Gasteiger partial charge is 0.272 e. The van der Waals surface area contributed by atoms with Crippen molar-refractivity contribution in [1.29, 1.82) is 0 Å². The number of benzene rings is 4. The van der Waals surface area contributed by atoms with Crippen LogP contribution < -0.4 is 16.0 Å². The summed E-state index contributed by atoms with van der Waals surface area (Å²) in [6.45, 7) is 1.42. The van der Waals surface area contributed by atoms with Gasteiger partial charge in [-0.25, -0.2) is 17.6 Å². The molecule has 0 saturated heterocycles. The number of thioether (sulfide) groups is 1. The second-order valence-electron chi connectivity index (χ2n) is 9.01. The average molecular weight is 628 g/mol. The van der Waals surface area contributed by atoms with E-state index < -0.39 is 51.9 Å². The first-order valence-corrected chi connectivity index (χ1v) is 13.8. The number of hydrogen-bond acceptors (Lipinski definition) is 4. The van der Waals surface area contributed by atoms with Crippen molar-refractivity contribution in [1.82, 2.24) is 5.32 Å². The van der Waals surface area contributed by atoms with Crippen molar-refractivity contribution in [3.05, 3.63) is 130 Å². The molecule has 3 amide bonds. The van der Waals surface area contributed by atoms with E-state index in [0.717, 1.165) is 11.8 Å². The minimum Gasteiger partial charge on any atom is -0.321 e. The number of anilines is 2. The van der Waals surface area contributed by atoms with Gasteiger partial charge in [-0.3, -0.25) is 14.4 Å². The molecule has 4 rings (SSSR count). The average Bonchev–Trinajstić information content (AvgIpc) is 2.98. The van der Waals surface area contributed by atoms with E-state index in [2.05, 4.69) is 10.6 Å². The number of halogens is 5. The van der Waals surface area contributed by atoms with Crippen molar-refractivity contribution >= 4 is 58.5 Å². The van der Waals surface area contributed by atoms with Gasteiger partial charge >= 0.3 is 0 Å². The molecule has 0 aliphatic rings. The highest BCUT2D eigenvalue weighted by atomic mass is 35.5. The van der Waals surface area contributed by atoms with Gasteiger partial charge in [-0.2, -0.15) is 0 Å². The van der Waals surface area contributed by atoms with Gasteiger partial charge in [0.25, 0.3) is 11.8 Å². The zero-order valence-corrected chi connectivity index (χ0v) is 23.8. The first kappa shape index (κ1) is 31.3. The maximum Gasteiger partial charge on any atom is 0.272 e. The Morgan fingerprint density at radius 2 is 1.49 bits per heavy atom. The Morgan fingerprint density at radius 3 is 2.16 bits per heavy atom. The molecule has 0 heterocycles. The zero-order valence-electron chi connectivity index (χ0n) is 22.3. The van der Waals surface area contributed by atoms with Gasteiger partial charge < -0.3 is 16.0 Å². The molecule has 0 fully saturated rings. The van der Waals surface area contributed by atoms with Crippen LogP contribution in [-0.4, -0.2) is 23.0 Å². The highest BCUT2D eigenvalue weighted by Crippen LogP contribution is 2.29. The number of amides is 3. The van der Waals surface area contributed by atoms with E-state index in [1.807, 2.05) is 5.32 Å². The summed E-state index contributed by atoms with van der Waals surface area (Å²) in [5, 5.41) is 6.65. The molecule has 43 heavy (non-hydrogen) atoms. The number of hydrogen-bond donors (Lipinski definition) is 3. The second kappa shape index (κ2) is 14.0. The van der Waals surface area contributed by atoms with Gasteiger partial charge in [-0.1, -0.05) is 48.0 Å². The van der Waals surface area contributed by atoms with Crippen LogP contribution in [0.5, 0.6) is 0 Å². The topological polar surface area (TPSA) is 87.3 Å². The van der Waals surface area contributed by atoms with Crippen LogP contribution in [0.25, 0.3) is 6.08 Å². The van der Waals surface area contributed by atoms with Gasteiger partial charge in [0.2, 0.25) is 5.91 Å². The third-order valence-electron chi connectivity index (χ3n) is 5.82. The monoisotopic (exact) mass is 627 g/mol. The second-order valence-corrected chi connectivity index (χ2v) is 10.9. The largest absolute Gasteiger partial charge is 0.321 e. The van der Waals surface area contributed by atoms with Crippen LogP contribution in [0.4, 0.5) is 28.9 Å². The molecule has 0 aliphatic carbocycles. The summed E-state index contributed by atoms with van der Waals surface area (Å²) in [6, 6.07) is 21.3. The minimum atomic E-state index is -1.73. The third kappa shape index (κ3) is 8.24. The normalized spacial score (nSPS) is 11.9. The van der Waals surface area contributed by atoms with Crippen LogP contribution in [0.3, 0.4) is 0 Å². The van der Waals surface area contributed by atoms with E-state index in [-0.39, 0.29) is 11.8 Å². The number of carbonyl (C=O) groups excluding carboxylic acids is 3. The summed E-state index contributed by atoms with van der Waals surface area (Å²) in [6.07, 6.45) is 1.46.